The van der Waals surface area contributed by atoms with E-state index in [1.165, 1.54) is 11.3 Å². The fourth-order valence-corrected chi connectivity index (χ4v) is 2.56. The Balaban J connectivity index is 2.69. The summed E-state index contributed by atoms with van der Waals surface area (Å²) in [6, 6.07) is 4.07. The smallest absolute Gasteiger partial charge is 0.182 e. The minimum absolute atomic E-state index is 0.471. The highest BCUT2D eigenvalue weighted by Crippen LogP contribution is 2.39. The molecule has 1 aromatic carbocycles. The van der Waals surface area contributed by atoms with Crippen LogP contribution in [-0.2, 0) is 0 Å². The molecular formula is C12H15N3OS. The number of nitrogens with zero attached hydrogens (tertiary/aromatic N) is 1. The summed E-state index contributed by atoms with van der Waals surface area (Å²) in [7, 11) is 1.65. The first kappa shape index (κ1) is 11.7. The number of anilines is 2. The number of methoxy groups -OCH3 is 1. The lowest BCUT2D eigenvalue weighted by Gasteiger charge is -2.11. The van der Waals surface area contributed by atoms with Gasteiger partial charge in [-0.05, 0) is 31.0 Å². The van der Waals surface area contributed by atoms with Gasteiger partial charge in [-0.2, -0.15) is 0 Å². The summed E-state index contributed by atoms with van der Waals surface area (Å²) in [6.07, 6.45) is 0. The fourth-order valence-electron chi connectivity index (χ4n) is 1.94. The number of hydrogen-bond donors (Lipinski definition) is 2. The number of benzene rings is 1. The van der Waals surface area contributed by atoms with Crippen molar-refractivity contribution >= 4 is 21.5 Å². The van der Waals surface area contributed by atoms with Gasteiger partial charge < -0.3 is 16.2 Å². The maximum Gasteiger partial charge on any atom is 0.182 e. The van der Waals surface area contributed by atoms with Crippen molar-refractivity contribution in [1.82, 2.24) is 4.98 Å². The summed E-state index contributed by atoms with van der Waals surface area (Å²) in [5.74, 6) is 0.799. The van der Waals surface area contributed by atoms with Crippen molar-refractivity contribution in [2.45, 2.75) is 13.8 Å². The summed E-state index contributed by atoms with van der Waals surface area (Å²) >= 11 is 1.28. The summed E-state index contributed by atoms with van der Waals surface area (Å²) in [4.78, 5) is 4.26. The minimum atomic E-state index is 0.471. The molecule has 0 unspecified atom stereocenters. The Morgan fingerprint density at radius 2 is 1.94 bits per heavy atom. The molecule has 0 bridgehead atoms. The van der Waals surface area contributed by atoms with Crippen LogP contribution in [0.1, 0.15) is 11.1 Å². The molecule has 4 N–H and O–H groups in total. The molecule has 90 valence electrons. The number of thiazole rings is 1. The average Bonchev–Trinajstić information content (AvgIpc) is 2.56. The van der Waals surface area contributed by atoms with Gasteiger partial charge in [-0.25, -0.2) is 4.98 Å². The third-order valence-corrected chi connectivity index (χ3v) is 3.26. The van der Waals surface area contributed by atoms with Crippen molar-refractivity contribution in [2.24, 2.45) is 0 Å². The van der Waals surface area contributed by atoms with Gasteiger partial charge in [0.15, 0.2) is 5.13 Å². The Hall–Kier alpha value is -1.75. The third kappa shape index (κ3) is 2.06. The number of aromatic nitrogens is 1. The molecule has 0 amide bonds. The second-order valence-electron chi connectivity index (χ2n) is 3.93. The number of ether oxygens (including phenoxy) is 1. The van der Waals surface area contributed by atoms with Gasteiger partial charge in [-0.15, -0.1) is 0 Å². The predicted octanol–water partition coefficient (Wildman–Crippen LogP) is 2.60. The fraction of sp³-hybridized carbons (Fsp3) is 0.250. The Morgan fingerprint density at radius 1 is 1.24 bits per heavy atom. The zero-order chi connectivity index (χ0) is 12.6. The van der Waals surface area contributed by atoms with Crippen molar-refractivity contribution < 1.29 is 4.74 Å². The monoisotopic (exact) mass is 249 g/mol. The van der Waals surface area contributed by atoms with E-state index in [1.54, 1.807) is 7.11 Å². The van der Waals surface area contributed by atoms with Gasteiger partial charge in [0.05, 0.1) is 7.11 Å². The Bertz CT molecular complexity index is 563. The van der Waals surface area contributed by atoms with Gasteiger partial charge in [-0.1, -0.05) is 17.4 Å². The van der Waals surface area contributed by atoms with E-state index >= 15 is 0 Å². The van der Waals surface area contributed by atoms with E-state index in [9.17, 15) is 0 Å². The molecule has 17 heavy (non-hydrogen) atoms. The van der Waals surface area contributed by atoms with E-state index in [-0.39, 0.29) is 0 Å². The van der Waals surface area contributed by atoms with E-state index in [2.05, 4.69) is 11.1 Å². The van der Waals surface area contributed by atoms with Crippen LogP contribution in [0.25, 0.3) is 11.3 Å². The van der Waals surface area contributed by atoms with E-state index in [4.69, 9.17) is 16.2 Å². The predicted molar refractivity (Wildman–Crippen MR) is 72.4 cm³/mol. The van der Waals surface area contributed by atoms with E-state index in [0.29, 0.717) is 15.8 Å². The van der Waals surface area contributed by atoms with Crippen LogP contribution in [0.2, 0.25) is 0 Å². The number of hydrogen-bond acceptors (Lipinski definition) is 5. The molecular weight excluding hydrogens is 234 g/mol. The first-order valence-corrected chi connectivity index (χ1v) is 6.02. The molecule has 0 atom stereocenters. The van der Waals surface area contributed by atoms with Crippen molar-refractivity contribution in [2.75, 3.05) is 18.6 Å². The molecule has 0 saturated heterocycles. The molecule has 0 spiro atoms. The van der Waals surface area contributed by atoms with Gasteiger partial charge in [0.1, 0.15) is 16.4 Å². The van der Waals surface area contributed by atoms with Crippen LogP contribution in [-0.4, -0.2) is 12.1 Å². The van der Waals surface area contributed by atoms with Crippen molar-refractivity contribution in [3.05, 3.63) is 23.3 Å². The van der Waals surface area contributed by atoms with Gasteiger partial charge in [0.2, 0.25) is 0 Å². The summed E-state index contributed by atoms with van der Waals surface area (Å²) in [5.41, 5.74) is 15.4. The summed E-state index contributed by atoms with van der Waals surface area (Å²) in [5, 5.41) is 1.09. The molecule has 0 radical (unpaired) electrons. The highest BCUT2D eigenvalue weighted by atomic mass is 32.1. The molecule has 5 heteroatoms. The van der Waals surface area contributed by atoms with Gasteiger partial charge in [0.25, 0.3) is 0 Å². The lowest BCUT2D eigenvalue weighted by atomic mass is 10.0. The maximum absolute atomic E-state index is 5.92. The van der Waals surface area contributed by atoms with E-state index in [0.717, 1.165) is 22.4 Å². The van der Waals surface area contributed by atoms with Crippen LogP contribution in [0.3, 0.4) is 0 Å². The van der Waals surface area contributed by atoms with E-state index in [1.807, 2.05) is 19.9 Å². The first-order valence-electron chi connectivity index (χ1n) is 5.20. The third-order valence-electron chi connectivity index (χ3n) is 2.55. The lowest BCUT2D eigenvalue weighted by molar-refractivity contribution is 0.413. The highest BCUT2D eigenvalue weighted by Gasteiger charge is 2.15. The number of nitrogen functional groups attached to an aromatic ring is 2. The molecule has 1 aromatic heterocycles. The van der Waals surface area contributed by atoms with Crippen LogP contribution >= 0.6 is 11.3 Å². The number of aryl methyl sites for hydroxylation is 2. The zero-order valence-electron chi connectivity index (χ0n) is 10.1. The second-order valence-corrected chi connectivity index (χ2v) is 4.99. The van der Waals surface area contributed by atoms with Crippen LogP contribution in [0.4, 0.5) is 10.1 Å². The van der Waals surface area contributed by atoms with Crippen molar-refractivity contribution in [3.8, 4) is 17.0 Å². The molecule has 0 fully saturated rings. The Labute approximate surface area is 104 Å². The topological polar surface area (TPSA) is 74.2 Å². The average molecular weight is 249 g/mol. The summed E-state index contributed by atoms with van der Waals surface area (Å²) in [6.45, 7) is 4.03. The zero-order valence-corrected chi connectivity index (χ0v) is 10.9. The van der Waals surface area contributed by atoms with Crippen LogP contribution in [0, 0.1) is 13.8 Å². The van der Waals surface area contributed by atoms with E-state index < -0.39 is 0 Å². The normalized spacial score (nSPS) is 10.5. The SMILES string of the molecule is COc1c(C)cc(C)cc1-c1nc(N)sc1N. The quantitative estimate of drug-likeness (QED) is 0.858. The van der Waals surface area contributed by atoms with Gasteiger partial charge in [-0.3, -0.25) is 0 Å². The lowest BCUT2D eigenvalue weighted by Crippen LogP contribution is -1.95. The molecule has 0 aliphatic carbocycles. The van der Waals surface area contributed by atoms with Crippen LogP contribution in [0.15, 0.2) is 12.1 Å². The van der Waals surface area contributed by atoms with Gasteiger partial charge in [0, 0.05) is 5.56 Å². The second kappa shape index (κ2) is 4.25. The number of rotatable bonds is 2. The molecule has 2 rings (SSSR count). The summed E-state index contributed by atoms with van der Waals surface area (Å²) < 4.78 is 5.42. The molecule has 4 nitrogen and oxygen atoms in total. The standard InChI is InChI=1S/C12H15N3OS/c1-6-4-7(2)10(16-3)8(5-6)9-11(13)17-12(14)15-9/h4-5H,13H2,1-3H3,(H2,14,15). The Kier molecular flexibility index (Phi) is 2.93. The number of nitrogens with two attached hydrogens (primary N) is 2. The molecule has 2 aromatic rings. The molecule has 1 heterocycles. The minimum Gasteiger partial charge on any atom is -0.496 e. The Morgan fingerprint density at radius 3 is 2.47 bits per heavy atom. The van der Waals surface area contributed by atoms with Crippen LogP contribution < -0.4 is 16.2 Å². The van der Waals surface area contributed by atoms with Crippen molar-refractivity contribution in [1.29, 1.82) is 0 Å². The van der Waals surface area contributed by atoms with Gasteiger partial charge >= 0.3 is 0 Å². The molecule has 0 aliphatic heterocycles. The molecule has 0 aliphatic rings. The molecule has 0 saturated carbocycles. The first-order chi connectivity index (χ1) is 8.02. The van der Waals surface area contributed by atoms with Crippen LogP contribution in [0.5, 0.6) is 5.75 Å². The largest absolute Gasteiger partial charge is 0.496 e. The highest BCUT2D eigenvalue weighted by molar-refractivity contribution is 7.19. The maximum atomic E-state index is 5.92. The van der Waals surface area contributed by atoms with Crippen molar-refractivity contribution in [3.63, 3.8) is 0 Å².